The lowest BCUT2D eigenvalue weighted by Gasteiger charge is -2.18. The Morgan fingerprint density at radius 1 is 1.37 bits per heavy atom. The smallest absolute Gasteiger partial charge is 0.326 e. The summed E-state index contributed by atoms with van der Waals surface area (Å²) in [6, 6.07) is 4.11. The summed E-state index contributed by atoms with van der Waals surface area (Å²) >= 11 is 2.02. The summed E-state index contributed by atoms with van der Waals surface area (Å²) in [5.74, 6) is -0.961. The molecule has 1 rings (SSSR count). The molecule has 1 aromatic rings. The number of aliphatic carboxylic acids is 1. The van der Waals surface area contributed by atoms with Gasteiger partial charge in [0.2, 0.25) is 0 Å². The summed E-state index contributed by atoms with van der Waals surface area (Å²) in [7, 11) is 1.55. The summed E-state index contributed by atoms with van der Waals surface area (Å²) in [4.78, 5) is 23.1. The van der Waals surface area contributed by atoms with Gasteiger partial charge < -0.3 is 15.2 Å². The number of nitrogens with one attached hydrogen (secondary N) is 1. The second kappa shape index (κ2) is 6.74. The molecule has 0 bridgehead atoms. The molecule has 0 radical (unpaired) electrons. The predicted octanol–water partition coefficient (Wildman–Crippen LogP) is 2.14. The molecule has 0 unspecified atom stereocenters. The molecular formula is C13H16INO4. The Morgan fingerprint density at radius 3 is 2.42 bits per heavy atom. The first-order chi connectivity index (χ1) is 8.86. The third-order valence-electron chi connectivity index (χ3n) is 2.64. The fraction of sp³-hybridized carbons (Fsp3) is 0.385. The number of hydrogen-bond donors (Lipinski definition) is 2. The molecule has 6 heteroatoms. The summed E-state index contributed by atoms with van der Waals surface area (Å²) in [6.45, 7) is 3.50. The first-order valence-corrected chi connectivity index (χ1v) is 6.82. The normalized spacial score (nSPS) is 12.1. The van der Waals surface area contributed by atoms with E-state index < -0.39 is 17.9 Å². The van der Waals surface area contributed by atoms with Gasteiger partial charge >= 0.3 is 5.97 Å². The molecule has 0 aliphatic heterocycles. The molecule has 5 nitrogen and oxygen atoms in total. The van der Waals surface area contributed by atoms with Crippen LogP contribution in [0.3, 0.4) is 0 Å². The van der Waals surface area contributed by atoms with Crippen LogP contribution < -0.4 is 10.1 Å². The Labute approximate surface area is 125 Å². The summed E-state index contributed by atoms with van der Waals surface area (Å²) < 4.78 is 5.77. The van der Waals surface area contributed by atoms with E-state index >= 15 is 0 Å². The minimum absolute atomic E-state index is 0.183. The second-order valence-corrected chi connectivity index (χ2v) is 5.54. The highest BCUT2D eigenvalue weighted by Gasteiger charge is 2.24. The van der Waals surface area contributed by atoms with Crippen molar-refractivity contribution >= 4 is 34.5 Å². The van der Waals surface area contributed by atoms with E-state index in [1.165, 1.54) is 0 Å². The van der Waals surface area contributed by atoms with Gasteiger partial charge in [-0.25, -0.2) is 4.79 Å². The van der Waals surface area contributed by atoms with E-state index in [9.17, 15) is 9.59 Å². The number of carbonyl (C=O) groups is 2. The van der Waals surface area contributed by atoms with Gasteiger partial charge in [-0.05, 0) is 46.7 Å². The highest BCUT2D eigenvalue weighted by atomic mass is 127. The summed E-state index contributed by atoms with van der Waals surface area (Å²) in [5, 5.41) is 11.6. The lowest BCUT2D eigenvalue weighted by Crippen LogP contribution is -2.44. The van der Waals surface area contributed by atoms with E-state index in [1.807, 2.05) is 22.6 Å². The standard InChI is InChI=1S/C13H16INO4/c1-7(2)11(13(17)18)15-12(16)9-5-4-8(19-3)6-10(9)14/h4-7,11H,1-3H3,(H,15,16)(H,17,18)/t11-/m1/s1. The van der Waals surface area contributed by atoms with E-state index in [0.717, 1.165) is 0 Å². The van der Waals surface area contributed by atoms with E-state index in [2.05, 4.69) is 5.32 Å². The molecule has 0 saturated heterocycles. The molecule has 0 aliphatic carbocycles. The number of carboxylic acid groups (broad SMARTS) is 1. The molecular weight excluding hydrogens is 361 g/mol. The molecule has 19 heavy (non-hydrogen) atoms. The molecule has 0 saturated carbocycles. The Morgan fingerprint density at radius 2 is 2.00 bits per heavy atom. The number of carboxylic acids is 1. The fourth-order valence-corrected chi connectivity index (χ4v) is 2.27. The molecule has 1 amide bonds. The molecule has 104 valence electrons. The monoisotopic (exact) mass is 377 g/mol. The third kappa shape index (κ3) is 4.09. The molecule has 0 aliphatic rings. The number of benzene rings is 1. The number of hydrogen-bond acceptors (Lipinski definition) is 3. The number of methoxy groups -OCH3 is 1. The molecule has 1 atom stereocenters. The largest absolute Gasteiger partial charge is 0.497 e. The van der Waals surface area contributed by atoms with Crippen molar-refractivity contribution in [3.63, 3.8) is 0 Å². The van der Waals surface area contributed by atoms with Crippen LogP contribution in [0.25, 0.3) is 0 Å². The Kier molecular flexibility index (Phi) is 5.59. The number of halogens is 1. The lowest BCUT2D eigenvalue weighted by molar-refractivity contribution is -0.140. The topological polar surface area (TPSA) is 75.6 Å². The van der Waals surface area contributed by atoms with Gasteiger partial charge in [0.15, 0.2) is 0 Å². The van der Waals surface area contributed by atoms with Gasteiger partial charge in [-0.3, -0.25) is 4.79 Å². The van der Waals surface area contributed by atoms with Crippen LogP contribution in [0.15, 0.2) is 18.2 Å². The Hall–Kier alpha value is -1.31. The molecule has 0 fully saturated rings. The maximum absolute atomic E-state index is 12.1. The zero-order valence-corrected chi connectivity index (χ0v) is 13.1. The van der Waals surface area contributed by atoms with Crippen LogP contribution in [-0.4, -0.2) is 30.1 Å². The van der Waals surface area contributed by atoms with E-state index in [1.54, 1.807) is 39.2 Å². The van der Waals surface area contributed by atoms with E-state index in [0.29, 0.717) is 14.9 Å². The molecule has 0 spiro atoms. The van der Waals surface area contributed by atoms with Gasteiger partial charge in [-0.2, -0.15) is 0 Å². The average Bonchev–Trinajstić information content (AvgIpc) is 2.34. The highest BCUT2D eigenvalue weighted by molar-refractivity contribution is 14.1. The van der Waals surface area contributed by atoms with Crippen LogP contribution in [0.5, 0.6) is 5.75 Å². The Bertz CT molecular complexity index is 488. The third-order valence-corrected chi connectivity index (χ3v) is 3.53. The maximum atomic E-state index is 12.1. The summed E-state index contributed by atoms with van der Waals surface area (Å²) in [5.41, 5.74) is 0.438. The number of amides is 1. The van der Waals surface area contributed by atoms with Crippen LogP contribution in [-0.2, 0) is 4.79 Å². The van der Waals surface area contributed by atoms with Crippen molar-refractivity contribution < 1.29 is 19.4 Å². The van der Waals surface area contributed by atoms with Crippen LogP contribution in [0, 0.1) is 9.49 Å². The number of ether oxygens (including phenoxy) is 1. The first kappa shape index (κ1) is 15.7. The van der Waals surface area contributed by atoms with Crippen molar-refractivity contribution in [2.45, 2.75) is 19.9 Å². The van der Waals surface area contributed by atoms with Crippen molar-refractivity contribution in [3.8, 4) is 5.75 Å². The van der Waals surface area contributed by atoms with Crippen molar-refractivity contribution in [2.75, 3.05) is 7.11 Å². The molecule has 1 aromatic carbocycles. The predicted molar refractivity (Wildman–Crippen MR) is 79.4 cm³/mol. The second-order valence-electron chi connectivity index (χ2n) is 4.38. The Balaban J connectivity index is 2.91. The first-order valence-electron chi connectivity index (χ1n) is 5.74. The minimum Gasteiger partial charge on any atom is -0.497 e. The van der Waals surface area contributed by atoms with Crippen molar-refractivity contribution in [1.29, 1.82) is 0 Å². The minimum atomic E-state index is -1.04. The zero-order valence-electron chi connectivity index (χ0n) is 10.9. The van der Waals surface area contributed by atoms with E-state index in [4.69, 9.17) is 9.84 Å². The van der Waals surface area contributed by atoms with Crippen LogP contribution in [0.1, 0.15) is 24.2 Å². The SMILES string of the molecule is COc1ccc(C(=O)N[C@@H](C(=O)O)C(C)C)c(I)c1. The van der Waals surface area contributed by atoms with Gasteiger partial charge in [0, 0.05) is 3.57 Å². The number of carbonyl (C=O) groups excluding carboxylic acids is 1. The van der Waals surface area contributed by atoms with Gasteiger partial charge in [0.05, 0.1) is 12.7 Å². The van der Waals surface area contributed by atoms with Gasteiger partial charge in [0.25, 0.3) is 5.91 Å². The lowest BCUT2D eigenvalue weighted by atomic mass is 10.0. The number of rotatable bonds is 5. The fourth-order valence-electron chi connectivity index (χ4n) is 1.54. The van der Waals surface area contributed by atoms with Crippen molar-refractivity contribution in [2.24, 2.45) is 5.92 Å². The van der Waals surface area contributed by atoms with E-state index in [-0.39, 0.29) is 5.92 Å². The average molecular weight is 377 g/mol. The molecule has 0 heterocycles. The maximum Gasteiger partial charge on any atom is 0.326 e. The van der Waals surface area contributed by atoms with Gasteiger partial charge in [-0.15, -0.1) is 0 Å². The van der Waals surface area contributed by atoms with Crippen LogP contribution in [0.4, 0.5) is 0 Å². The van der Waals surface area contributed by atoms with Crippen LogP contribution >= 0.6 is 22.6 Å². The van der Waals surface area contributed by atoms with Crippen LogP contribution in [0.2, 0.25) is 0 Å². The van der Waals surface area contributed by atoms with Gasteiger partial charge in [-0.1, -0.05) is 13.8 Å². The van der Waals surface area contributed by atoms with Crippen molar-refractivity contribution in [1.82, 2.24) is 5.32 Å². The van der Waals surface area contributed by atoms with Crippen molar-refractivity contribution in [3.05, 3.63) is 27.3 Å². The van der Waals surface area contributed by atoms with Gasteiger partial charge in [0.1, 0.15) is 11.8 Å². The quantitative estimate of drug-likeness (QED) is 0.772. The molecule has 0 aromatic heterocycles. The summed E-state index contributed by atoms with van der Waals surface area (Å²) in [6.07, 6.45) is 0. The molecule has 2 N–H and O–H groups in total. The zero-order chi connectivity index (χ0) is 14.6. The highest BCUT2D eigenvalue weighted by Crippen LogP contribution is 2.19.